The number of aryl methyl sites for hydroxylation is 1. The summed E-state index contributed by atoms with van der Waals surface area (Å²) in [4.78, 5) is 20.8. The summed E-state index contributed by atoms with van der Waals surface area (Å²) in [5.74, 6) is 0.707. The molecule has 0 amide bonds. The Bertz CT molecular complexity index is 790. The molecule has 0 saturated carbocycles. The Balaban J connectivity index is 2.64. The molecule has 0 saturated heterocycles. The van der Waals surface area contributed by atoms with Crippen molar-refractivity contribution in [1.82, 2.24) is 14.5 Å². The lowest BCUT2D eigenvalue weighted by Gasteiger charge is -2.06. The smallest absolute Gasteiger partial charge is 0.261 e. The van der Waals surface area contributed by atoms with Crippen molar-refractivity contribution in [2.24, 2.45) is 7.05 Å². The van der Waals surface area contributed by atoms with E-state index in [1.807, 2.05) is 25.1 Å². The van der Waals surface area contributed by atoms with Crippen molar-refractivity contribution in [2.75, 3.05) is 0 Å². The third-order valence-corrected chi connectivity index (χ3v) is 3.05. The first kappa shape index (κ1) is 9.96. The van der Waals surface area contributed by atoms with Gasteiger partial charge in [-0.2, -0.15) is 0 Å². The zero-order valence-corrected chi connectivity index (χ0v) is 9.64. The molecule has 84 valence electrons. The van der Waals surface area contributed by atoms with Gasteiger partial charge in [0.05, 0.1) is 16.4 Å². The molecule has 3 aromatic rings. The number of nitrogens with zero attached hydrogens (tertiary/aromatic N) is 3. The Labute approximate surface area is 97.6 Å². The summed E-state index contributed by atoms with van der Waals surface area (Å²) >= 11 is 0. The van der Waals surface area contributed by atoms with Crippen LogP contribution in [0.15, 0.2) is 35.3 Å². The molecule has 2 heterocycles. The normalized spacial score (nSPS) is 11.2. The molecule has 3 rings (SSSR count). The number of fused-ring (bicyclic) bond motifs is 3. The standard InChI is InChI=1S/C13H11N3O/c1-8-15-12-9-4-3-7-14-11(9)6-5-10(12)13(17)16(8)2/h3-7H,1-2H3. The highest BCUT2D eigenvalue weighted by atomic mass is 16.1. The number of aromatic nitrogens is 3. The van der Waals surface area contributed by atoms with Crippen molar-refractivity contribution in [3.8, 4) is 0 Å². The molecule has 0 aliphatic heterocycles. The summed E-state index contributed by atoms with van der Waals surface area (Å²) in [6.45, 7) is 1.83. The number of pyridine rings is 1. The largest absolute Gasteiger partial charge is 0.299 e. The molecule has 4 heteroatoms. The zero-order chi connectivity index (χ0) is 12.0. The predicted octanol–water partition coefficient (Wildman–Crippen LogP) is 1.79. The number of rotatable bonds is 0. The number of benzene rings is 1. The monoisotopic (exact) mass is 225 g/mol. The van der Waals surface area contributed by atoms with Crippen LogP contribution in [0.1, 0.15) is 5.82 Å². The second-order valence-electron chi connectivity index (χ2n) is 4.06. The quantitative estimate of drug-likeness (QED) is 0.548. The highest BCUT2D eigenvalue weighted by Crippen LogP contribution is 2.19. The first-order valence-corrected chi connectivity index (χ1v) is 5.39. The third kappa shape index (κ3) is 1.34. The fourth-order valence-corrected chi connectivity index (χ4v) is 1.99. The maximum atomic E-state index is 12.1. The molecule has 0 aliphatic carbocycles. The van der Waals surface area contributed by atoms with Gasteiger partial charge >= 0.3 is 0 Å². The SMILES string of the molecule is Cc1nc2c(ccc3ncccc32)c(=O)n1C. The molecule has 0 N–H and O–H groups in total. The topological polar surface area (TPSA) is 47.8 Å². The van der Waals surface area contributed by atoms with E-state index in [1.165, 1.54) is 0 Å². The van der Waals surface area contributed by atoms with E-state index in [1.54, 1.807) is 23.9 Å². The van der Waals surface area contributed by atoms with Gasteiger partial charge in [0.15, 0.2) is 0 Å². The van der Waals surface area contributed by atoms with Gasteiger partial charge in [0, 0.05) is 18.6 Å². The van der Waals surface area contributed by atoms with Gasteiger partial charge in [-0.05, 0) is 31.2 Å². The van der Waals surface area contributed by atoms with Gasteiger partial charge in [-0.25, -0.2) is 4.98 Å². The average Bonchev–Trinajstić information content (AvgIpc) is 2.36. The van der Waals surface area contributed by atoms with E-state index in [4.69, 9.17) is 0 Å². The van der Waals surface area contributed by atoms with Gasteiger partial charge in [0.1, 0.15) is 5.82 Å². The van der Waals surface area contributed by atoms with Crippen molar-refractivity contribution in [2.45, 2.75) is 6.92 Å². The van der Waals surface area contributed by atoms with Crippen LogP contribution in [-0.4, -0.2) is 14.5 Å². The highest BCUT2D eigenvalue weighted by molar-refractivity contribution is 6.03. The van der Waals surface area contributed by atoms with E-state index in [-0.39, 0.29) is 5.56 Å². The van der Waals surface area contributed by atoms with Crippen molar-refractivity contribution < 1.29 is 0 Å². The van der Waals surface area contributed by atoms with Crippen LogP contribution in [0.3, 0.4) is 0 Å². The fraction of sp³-hybridized carbons (Fsp3) is 0.154. The van der Waals surface area contributed by atoms with Gasteiger partial charge in [-0.15, -0.1) is 0 Å². The van der Waals surface area contributed by atoms with Crippen molar-refractivity contribution in [3.05, 3.63) is 46.6 Å². The Morgan fingerprint density at radius 2 is 2.00 bits per heavy atom. The summed E-state index contributed by atoms with van der Waals surface area (Å²) in [6.07, 6.45) is 1.74. The minimum atomic E-state index is -0.0155. The molecule has 0 bridgehead atoms. The lowest BCUT2D eigenvalue weighted by molar-refractivity contribution is 0.793. The first-order valence-electron chi connectivity index (χ1n) is 5.39. The Morgan fingerprint density at radius 3 is 2.82 bits per heavy atom. The van der Waals surface area contributed by atoms with Crippen LogP contribution in [0.25, 0.3) is 21.8 Å². The Morgan fingerprint density at radius 1 is 1.18 bits per heavy atom. The summed E-state index contributed by atoms with van der Waals surface area (Å²) in [7, 11) is 1.73. The average molecular weight is 225 g/mol. The van der Waals surface area contributed by atoms with Crippen LogP contribution in [0.5, 0.6) is 0 Å². The van der Waals surface area contributed by atoms with E-state index < -0.39 is 0 Å². The zero-order valence-electron chi connectivity index (χ0n) is 9.64. The molecule has 0 atom stereocenters. The summed E-state index contributed by atoms with van der Waals surface area (Å²) in [5.41, 5.74) is 1.58. The molecular weight excluding hydrogens is 214 g/mol. The van der Waals surface area contributed by atoms with Crippen LogP contribution in [0, 0.1) is 6.92 Å². The second kappa shape index (κ2) is 3.38. The van der Waals surface area contributed by atoms with Gasteiger partial charge < -0.3 is 0 Å². The molecule has 0 fully saturated rings. The molecule has 4 nitrogen and oxygen atoms in total. The van der Waals surface area contributed by atoms with E-state index in [0.29, 0.717) is 11.2 Å². The summed E-state index contributed by atoms with van der Waals surface area (Å²) in [6, 6.07) is 7.45. The first-order chi connectivity index (χ1) is 8.18. The minimum absolute atomic E-state index is 0.0155. The van der Waals surface area contributed by atoms with Crippen LogP contribution in [-0.2, 0) is 7.05 Å². The van der Waals surface area contributed by atoms with Crippen molar-refractivity contribution in [3.63, 3.8) is 0 Å². The fourth-order valence-electron chi connectivity index (χ4n) is 1.99. The molecule has 17 heavy (non-hydrogen) atoms. The highest BCUT2D eigenvalue weighted by Gasteiger charge is 2.08. The van der Waals surface area contributed by atoms with Crippen LogP contribution in [0.4, 0.5) is 0 Å². The van der Waals surface area contributed by atoms with E-state index in [0.717, 1.165) is 16.4 Å². The Kier molecular flexibility index (Phi) is 1.98. The van der Waals surface area contributed by atoms with E-state index in [2.05, 4.69) is 9.97 Å². The maximum absolute atomic E-state index is 12.1. The summed E-state index contributed by atoms with van der Waals surface area (Å²) in [5, 5.41) is 1.56. The number of hydrogen-bond acceptors (Lipinski definition) is 3. The second-order valence-corrected chi connectivity index (χ2v) is 4.06. The third-order valence-electron chi connectivity index (χ3n) is 3.05. The maximum Gasteiger partial charge on any atom is 0.261 e. The Hall–Kier alpha value is -2.23. The predicted molar refractivity (Wildman–Crippen MR) is 67.0 cm³/mol. The molecule has 1 aromatic carbocycles. The molecule has 0 radical (unpaired) electrons. The van der Waals surface area contributed by atoms with Crippen LogP contribution in [0.2, 0.25) is 0 Å². The van der Waals surface area contributed by atoms with E-state index >= 15 is 0 Å². The summed E-state index contributed by atoms with van der Waals surface area (Å²) < 4.78 is 1.56. The van der Waals surface area contributed by atoms with Crippen molar-refractivity contribution >= 4 is 21.8 Å². The molecule has 0 unspecified atom stereocenters. The number of hydrogen-bond donors (Lipinski definition) is 0. The lowest BCUT2D eigenvalue weighted by Crippen LogP contribution is -2.20. The van der Waals surface area contributed by atoms with Crippen LogP contribution >= 0.6 is 0 Å². The van der Waals surface area contributed by atoms with Crippen LogP contribution < -0.4 is 5.56 Å². The minimum Gasteiger partial charge on any atom is -0.299 e. The van der Waals surface area contributed by atoms with Gasteiger partial charge in [-0.1, -0.05) is 0 Å². The van der Waals surface area contributed by atoms with Gasteiger partial charge in [0.2, 0.25) is 0 Å². The van der Waals surface area contributed by atoms with Crippen molar-refractivity contribution in [1.29, 1.82) is 0 Å². The van der Waals surface area contributed by atoms with Gasteiger partial charge in [0.25, 0.3) is 5.56 Å². The van der Waals surface area contributed by atoms with E-state index in [9.17, 15) is 4.79 Å². The lowest BCUT2D eigenvalue weighted by atomic mass is 10.1. The molecule has 0 spiro atoms. The van der Waals surface area contributed by atoms with Gasteiger partial charge in [-0.3, -0.25) is 14.3 Å². The molecular formula is C13H11N3O. The molecule has 2 aromatic heterocycles. The molecule has 0 aliphatic rings.